The molecule has 1 aliphatic carbocycles. The molecular weight excluding hydrogens is 262 g/mol. The van der Waals surface area contributed by atoms with E-state index in [4.69, 9.17) is 0 Å². The van der Waals surface area contributed by atoms with Gasteiger partial charge in [0.1, 0.15) is 0 Å². The van der Waals surface area contributed by atoms with Gasteiger partial charge >= 0.3 is 0 Å². The summed E-state index contributed by atoms with van der Waals surface area (Å²) in [5, 5.41) is 0.675. The molecule has 0 fully saturated rings. The smallest absolute Gasteiger partial charge is 0.267 e. The molecule has 2 heterocycles. The minimum absolute atomic E-state index is 0.0175. The van der Waals surface area contributed by atoms with E-state index in [1.54, 1.807) is 4.40 Å². The summed E-state index contributed by atoms with van der Waals surface area (Å²) in [4.78, 5) is 22.1. The lowest BCUT2D eigenvalue weighted by atomic mass is 9.93. The normalized spacial score (nSPS) is 14.5. The van der Waals surface area contributed by atoms with Crippen LogP contribution in [0.3, 0.4) is 0 Å². The van der Waals surface area contributed by atoms with Crippen LogP contribution in [0.4, 0.5) is 0 Å². The van der Waals surface area contributed by atoms with Gasteiger partial charge in [-0.25, -0.2) is 14.4 Å². The molecule has 3 aromatic rings. The van der Waals surface area contributed by atoms with Crippen LogP contribution in [0.2, 0.25) is 0 Å². The Labute approximate surface area is 122 Å². The Morgan fingerprint density at radius 3 is 2.81 bits per heavy atom. The first-order valence-electron chi connectivity index (χ1n) is 7.61. The molecular formula is C17H17N3O. The highest BCUT2D eigenvalue weighted by molar-refractivity contribution is 5.79. The fourth-order valence-corrected chi connectivity index (χ4v) is 3.37. The van der Waals surface area contributed by atoms with E-state index in [0.717, 1.165) is 42.6 Å². The summed E-state index contributed by atoms with van der Waals surface area (Å²) in [7, 11) is 0. The quantitative estimate of drug-likeness (QED) is 0.643. The number of hydrogen-bond donors (Lipinski definition) is 0. The minimum atomic E-state index is 0.0175. The summed E-state index contributed by atoms with van der Waals surface area (Å²) in [5.41, 5.74) is 4.25. The number of benzene rings is 1. The van der Waals surface area contributed by atoms with Crippen LogP contribution in [0.1, 0.15) is 36.7 Å². The Bertz CT molecular complexity index is 911. The van der Waals surface area contributed by atoms with E-state index < -0.39 is 0 Å². The van der Waals surface area contributed by atoms with Crippen LogP contribution in [0.5, 0.6) is 0 Å². The van der Waals surface area contributed by atoms with Crippen molar-refractivity contribution < 1.29 is 0 Å². The second-order valence-electron chi connectivity index (χ2n) is 5.61. The van der Waals surface area contributed by atoms with Crippen molar-refractivity contribution in [3.05, 3.63) is 51.6 Å². The molecule has 0 saturated heterocycles. The zero-order valence-electron chi connectivity index (χ0n) is 12.1. The van der Waals surface area contributed by atoms with Gasteiger partial charge in [0.05, 0.1) is 10.9 Å². The molecule has 0 N–H and O–H groups in total. The van der Waals surface area contributed by atoms with Crippen molar-refractivity contribution in [2.75, 3.05) is 0 Å². The highest BCUT2D eigenvalue weighted by Gasteiger charge is 2.20. The molecule has 0 spiro atoms. The lowest BCUT2D eigenvalue weighted by molar-refractivity contribution is 0.640. The van der Waals surface area contributed by atoms with Crippen molar-refractivity contribution in [3.63, 3.8) is 0 Å². The second kappa shape index (κ2) is 4.65. The SMILES string of the molecule is CCc1nc2nc3ccccc3c(=O)n2c2c1CCCC2. The molecule has 1 aromatic carbocycles. The van der Waals surface area contributed by atoms with Gasteiger partial charge in [-0.2, -0.15) is 0 Å². The van der Waals surface area contributed by atoms with Gasteiger partial charge in [-0.05, 0) is 49.8 Å². The van der Waals surface area contributed by atoms with Crippen molar-refractivity contribution in [2.45, 2.75) is 39.0 Å². The van der Waals surface area contributed by atoms with Crippen LogP contribution in [0, 0.1) is 0 Å². The number of fused-ring (bicyclic) bond motifs is 4. The van der Waals surface area contributed by atoms with E-state index in [1.807, 2.05) is 24.3 Å². The Hall–Kier alpha value is -2.23. The van der Waals surface area contributed by atoms with E-state index in [2.05, 4.69) is 16.9 Å². The monoisotopic (exact) mass is 279 g/mol. The first kappa shape index (κ1) is 12.5. The van der Waals surface area contributed by atoms with Gasteiger partial charge in [0.15, 0.2) is 0 Å². The maximum Gasteiger partial charge on any atom is 0.267 e. The summed E-state index contributed by atoms with van der Waals surface area (Å²) in [6, 6.07) is 7.52. The molecule has 4 nitrogen and oxygen atoms in total. The topological polar surface area (TPSA) is 47.3 Å². The molecule has 21 heavy (non-hydrogen) atoms. The van der Waals surface area contributed by atoms with Gasteiger partial charge in [-0.3, -0.25) is 4.79 Å². The predicted octanol–water partition coefficient (Wildman–Crippen LogP) is 2.68. The van der Waals surface area contributed by atoms with Crippen LogP contribution in [0.25, 0.3) is 16.7 Å². The first-order chi connectivity index (χ1) is 10.3. The van der Waals surface area contributed by atoms with Crippen molar-refractivity contribution in [2.24, 2.45) is 0 Å². The lowest BCUT2D eigenvalue weighted by Gasteiger charge is -2.20. The zero-order chi connectivity index (χ0) is 14.4. The number of aryl methyl sites for hydroxylation is 2. The maximum atomic E-state index is 12.8. The molecule has 106 valence electrons. The van der Waals surface area contributed by atoms with Gasteiger partial charge in [-0.15, -0.1) is 0 Å². The largest absolute Gasteiger partial charge is 0.268 e. The maximum absolute atomic E-state index is 12.8. The van der Waals surface area contributed by atoms with Gasteiger partial charge in [0.25, 0.3) is 5.56 Å². The van der Waals surface area contributed by atoms with Crippen LogP contribution in [-0.4, -0.2) is 14.4 Å². The molecule has 0 radical (unpaired) electrons. The lowest BCUT2D eigenvalue weighted by Crippen LogP contribution is -2.24. The fraction of sp³-hybridized carbons (Fsp3) is 0.353. The third-order valence-corrected chi connectivity index (χ3v) is 4.38. The number of rotatable bonds is 1. The standard InChI is InChI=1S/C17H17N3O/c1-2-13-11-7-4-6-10-15(11)20-16(21)12-8-3-5-9-14(12)19-17(20)18-13/h3,5,8-9H,2,4,6-7,10H2,1H3. The van der Waals surface area contributed by atoms with Crippen LogP contribution in [-0.2, 0) is 19.3 Å². The molecule has 0 amide bonds. The fourth-order valence-electron chi connectivity index (χ4n) is 3.37. The molecule has 4 heteroatoms. The average Bonchev–Trinajstić information content (AvgIpc) is 2.54. The summed E-state index contributed by atoms with van der Waals surface area (Å²) < 4.78 is 1.75. The molecule has 0 bridgehead atoms. The third-order valence-electron chi connectivity index (χ3n) is 4.38. The Morgan fingerprint density at radius 2 is 1.95 bits per heavy atom. The number of aromatic nitrogens is 3. The van der Waals surface area contributed by atoms with Crippen LogP contribution in [0.15, 0.2) is 29.1 Å². The number of para-hydroxylation sites is 1. The van der Waals surface area contributed by atoms with Crippen molar-refractivity contribution >= 4 is 16.7 Å². The third kappa shape index (κ3) is 1.78. The van der Waals surface area contributed by atoms with Gasteiger partial charge < -0.3 is 0 Å². The van der Waals surface area contributed by atoms with E-state index >= 15 is 0 Å². The van der Waals surface area contributed by atoms with Crippen LogP contribution < -0.4 is 5.56 Å². The molecule has 1 aliphatic rings. The van der Waals surface area contributed by atoms with Crippen molar-refractivity contribution in [1.29, 1.82) is 0 Å². The highest BCUT2D eigenvalue weighted by atomic mass is 16.1. The van der Waals surface area contributed by atoms with E-state index in [1.165, 1.54) is 12.0 Å². The van der Waals surface area contributed by atoms with Gasteiger partial charge in [-0.1, -0.05) is 19.1 Å². The van der Waals surface area contributed by atoms with Crippen LogP contribution >= 0.6 is 0 Å². The zero-order valence-corrected chi connectivity index (χ0v) is 12.1. The summed E-state index contributed by atoms with van der Waals surface area (Å²) in [6.07, 6.45) is 5.18. The molecule has 0 atom stereocenters. The molecule has 4 rings (SSSR count). The summed E-state index contributed by atoms with van der Waals surface area (Å²) in [6.45, 7) is 2.12. The Kier molecular flexibility index (Phi) is 2.77. The second-order valence-corrected chi connectivity index (χ2v) is 5.61. The highest BCUT2D eigenvalue weighted by Crippen LogP contribution is 2.24. The molecule has 2 aromatic heterocycles. The van der Waals surface area contributed by atoms with Crippen molar-refractivity contribution in [3.8, 4) is 0 Å². The molecule has 0 aliphatic heterocycles. The van der Waals surface area contributed by atoms with Gasteiger partial charge in [0.2, 0.25) is 5.78 Å². The minimum Gasteiger partial charge on any atom is -0.268 e. The van der Waals surface area contributed by atoms with Gasteiger partial charge in [0, 0.05) is 11.4 Å². The Morgan fingerprint density at radius 1 is 1.14 bits per heavy atom. The Balaban J connectivity index is 2.21. The van der Waals surface area contributed by atoms with E-state index in [9.17, 15) is 4.79 Å². The van der Waals surface area contributed by atoms with E-state index in [-0.39, 0.29) is 5.56 Å². The summed E-state index contributed by atoms with van der Waals surface area (Å²) in [5.74, 6) is 0.552. The number of hydrogen-bond acceptors (Lipinski definition) is 3. The average molecular weight is 279 g/mol. The molecule has 0 unspecified atom stereocenters. The van der Waals surface area contributed by atoms with Crippen molar-refractivity contribution in [1.82, 2.24) is 14.4 Å². The van der Waals surface area contributed by atoms with E-state index in [0.29, 0.717) is 11.2 Å². The predicted molar refractivity (Wildman–Crippen MR) is 82.8 cm³/mol. The molecule has 0 saturated carbocycles. The first-order valence-corrected chi connectivity index (χ1v) is 7.61. The summed E-state index contributed by atoms with van der Waals surface area (Å²) >= 11 is 0. The number of nitrogens with zero attached hydrogens (tertiary/aromatic N) is 3.